The van der Waals surface area contributed by atoms with E-state index in [1.807, 2.05) is 6.07 Å². The van der Waals surface area contributed by atoms with Crippen molar-refractivity contribution in [1.82, 2.24) is 10.2 Å². The summed E-state index contributed by atoms with van der Waals surface area (Å²) in [6.07, 6.45) is -4.62. The first-order valence-electron chi connectivity index (χ1n) is 7.55. The Balaban J connectivity index is 0.000000345. The minimum Gasteiger partial charge on any atom is -0.475 e. The van der Waals surface area contributed by atoms with Crippen molar-refractivity contribution in [3.8, 4) is 0 Å². The molecule has 0 saturated heterocycles. The summed E-state index contributed by atoms with van der Waals surface area (Å²) < 4.78 is 32.6. The number of carbonyl (C=O) groups is 2. The van der Waals surface area contributed by atoms with Crippen molar-refractivity contribution in [2.24, 2.45) is 0 Å². The number of nitrogens with one attached hydrogen (secondary N) is 2. The molecule has 0 spiro atoms. The van der Waals surface area contributed by atoms with Crippen LogP contribution < -0.4 is 5.32 Å². The first-order chi connectivity index (χ1) is 13.1. The summed E-state index contributed by atoms with van der Waals surface area (Å²) in [7, 11) is 0. The van der Waals surface area contributed by atoms with Crippen molar-refractivity contribution in [2.75, 3.05) is 5.32 Å². The molecular weight excluding hydrogens is 447 g/mol. The first-order valence-corrected chi connectivity index (χ1v) is 8.35. The van der Waals surface area contributed by atoms with Gasteiger partial charge in [-0.3, -0.25) is 9.89 Å². The number of aliphatic carboxylic acids is 1. The maximum atomic E-state index is 12.1. The number of alkyl halides is 3. The van der Waals surface area contributed by atoms with Gasteiger partial charge in [0.05, 0.1) is 11.7 Å². The summed E-state index contributed by atoms with van der Waals surface area (Å²) in [6.45, 7) is 0. The average molecular weight is 460 g/mol. The molecule has 3 aromatic rings. The Bertz CT molecular complexity index is 974. The molecule has 148 valence electrons. The standard InChI is InChI=1S/C15H12BrN3O2.C2HF3O2/c16-11-3-1-9(2-4-11)14(20)15(21)18-12-5-6-13-10(7-12)8-17-19-13;3-2(4,5)1(6)7/h1-8,14,20H,(H,17,19)(H,18,21);(H,6,7)/t14-;/m1./s1. The van der Waals surface area contributed by atoms with E-state index in [0.717, 1.165) is 15.4 Å². The molecule has 0 aliphatic rings. The number of aliphatic hydroxyl groups excluding tert-OH is 1. The minimum atomic E-state index is -5.08. The van der Waals surface area contributed by atoms with Crippen LogP contribution in [0.3, 0.4) is 0 Å². The number of carboxylic acid groups (broad SMARTS) is 1. The predicted molar refractivity (Wildman–Crippen MR) is 97.5 cm³/mol. The number of carboxylic acids is 1. The van der Waals surface area contributed by atoms with Crippen molar-refractivity contribution in [3.05, 3.63) is 58.7 Å². The quantitative estimate of drug-likeness (QED) is 0.477. The van der Waals surface area contributed by atoms with E-state index in [1.54, 1.807) is 42.6 Å². The number of fused-ring (bicyclic) bond motifs is 1. The van der Waals surface area contributed by atoms with Gasteiger partial charge in [-0.1, -0.05) is 28.1 Å². The number of benzene rings is 2. The van der Waals surface area contributed by atoms with E-state index in [9.17, 15) is 23.1 Å². The minimum absolute atomic E-state index is 0.472. The molecule has 1 aromatic heterocycles. The van der Waals surface area contributed by atoms with Gasteiger partial charge in [0.2, 0.25) is 0 Å². The molecule has 0 aliphatic carbocycles. The van der Waals surface area contributed by atoms with E-state index in [0.29, 0.717) is 11.3 Å². The first kappa shape index (κ1) is 21.4. The number of hydrogen-bond donors (Lipinski definition) is 4. The Morgan fingerprint density at radius 3 is 2.32 bits per heavy atom. The van der Waals surface area contributed by atoms with Gasteiger partial charge in [0.15, 0.2) is 6.10 Å². The number of H-pyrrole nitrogens is 1. The van der Waals surface area contributed by atoms with Crippen molar-refractivity contribution < 1.29 is 33.0 Å². The number of aliphatic hydroxyl groups is 1. The highest BCUT2D eigenvalue weighted by atomic mass is 79.9. The molecule has 4 N–H and O–H groups in total. The Morgan fingerprint density at radius 1 is 1.14 bits per heavy atom. The van der Waals surface area contributed by atoms with E-state index in [-0.39, 0.29) is 0 Å². The zero-order chi connectivity index (χ0) is 20.9. The Kier molecular flexibility index (Phi) is 6.75. The topological polar surface area (TPSA) is 115 Å². The second-order valence-corrected chi connectivity index (χ2v) is 6.33. The van der Waals surface area contributed by atoms with Crippen LogP contribution in [0.25, 0.3) is 10.9 Å². The summed E-state index contributed by atoms with van der Waals surface area (Å²) in [4.78, 5) is 21.0. The summed E-state index contributed by atoms with van der Waals surface area (Å²) in [6, 6.07) is 12.3. The SMILES string of the molecule is O=C(Nc1ccc2[nH]ncc2c1)[C@H](O)c1ccc(Br)cc1.O=C(O)C(F)(F)F. The van der Waals surface area contributed by atoms with E-state index < -0.39 is 24.2 Å². The molecule has 0 bridgehead atoms. The summed E-state index contributed by atoms with van der Waals surface area (Å²) in [5.41, 5.74) is 2.05. The number of carbonyl (C=O) groups excluding carboxylic acids is 1. The fourth-order valence-electron chi connectivity index (χ4n) is 2.03. The largest absolute Gasteiger partial charge is 0.490 e. The van der Waals surface area contributed by atoms with Crippen LogP contribution in [0.2, 0.25) is 0 Å². The van der Waals surface area contributed by atoms with Gasteiger partial charge in [0.1, 0.15) is 0 Å². The second-order valence-electron chi connectivity index (χ2n) is 5.42. The van der Waals surface area contributed by atoms with Gasteiger partial charge in [-0.15, -0.1) is 0 Å². The molecule has 28 heavy (non-hydrogen) atoms. The third kappa shape index (κ3) is 5.79. The van der Waals surface area contributed by atoms with E-state index >= 15 is 0 Å². The number of hydrogen-bond acceptors (Lipinski definition) is 4. The zero-order valence-electron chi connectivity index (χ0n) is 13.9. The van der Waals surface area contributed by atoms with Crippen molar-refractivity contribution in [2.45, 2.75) is 12.3 Å². The molecule has 0 unspecified atom stereocenters. The number of nitrogens with zero attached hydrogens (tertiary/aromatic N) is 1. The smallest absolute Gasteiger partial charge is 0.475 e. The fourth-order valence-corrected chi connectivity index (χ4v) is 2.29. The lowest BCUT2D eigenvalue weighted by atomic mass is 10.1. The molecule has 1 heterocycles. The van der Waals surface area contributed by atoms with Crippen LogP contribution in [0.5, 0.6) is 0 Å². The van der Waals surface area contributed by atoms with Crippen molar-refractivity contribution in [1.29, 1.82) is 0 Å². The molecule has 1 atom stereocenters. The van der Waals surface area contributed by atoms with Gasteiger partial charge in [0.25, 0.3) is 5.91 Å². The average Bonchev–Trinajstić information content (AvgIpc) is 3.09. The van der Waals surface area contributed by atoms with E-state index in [2.05, 4.69) is 31.4 Å². The maximum Gasteiger partial charge on any atom is 0.490 e. The molecule has 0 radical (unpaired) electrons. The molecule has 0 aliphatic heterocycles. The van der Waals surface area contributed by atoms with Gasteiger partial charge in [-0.25, -0.2) is 4.79 Å². The monoisotopic (exact) mass is 459 g/mol. The predicted octanol–water partition coefficient (Wildman–Crippen LogP) is 3.63. The lowest BCUT2D eigenvalue weighted by molar-refractivity contribution is -0.192. The molecular formula is C17H13BrF3N3O4. The zero-order valence-corrected chi connectivity index (χ0v) is 15.5. The van der Waals surface area contributed by atoms with Crippen LogP contribution in [-0.4, -0.2) is 38.5 Å². The Morgan fingerprint density at radius 2 is 1.75 bits per heavy atom. The highest BCUT2D eigenvalue weighted by Crippen LogP contribution is 2.21. The van der Waals surface area contributed by atoms with Crippen LogP contribution in [0.1, 0.15) is 11.7 Å². The van der Waals surface area contributed by atoms with E-state index in [1.165, 1.54) is 0 Å². The molecule has 1 amide bonds. The number of aromatic nitrogens is 2. The Labute approximate surface area is 164 Å². The number of rotatable bonds is 3. The normalized spacial score (nSPS) is 12.0. The van der Waals surface area contributed by atoms with Crippen LogP contribution in [0.15, 0.2) is 53.1 Å². The van der Waals surface area contributed by atoms with E-state index in [4.69, 9.17) is 9.90 Å². The fraction of sp³-hybridized carbons (Fsp3) is 0.118. The molecule has 3 rings (SSSR count). The van der Waals surface area contributed by atoms with Gasteiger partial charge >= 0.3 is 12.1 Å². The lowest BCUT2D eigenvalue weighted by Crippen LogP contribution is -2.21. The highest BCUT2D eigenvalue weighted by Gasteiger charge is 2.38. The van der Waals surface area contributed by atoms with Gasteiger partial charge in [0, 0.05) is 15.5 Å². The molecule has 11 heteroatoms. The lowest BCUT2D eigenvalue weighted by Gasteiger charge is -2.12. The summed E-state index contributed by atoms with van der Waals surface area (Å²) in [5, 5.41) is 27.5. The maximum absolute atomic E-state index is 12.1. The third-order valence-electron chi connectivity index (χ3n) is 3.38. The van der Waals surface area contributed by atoms with Crippen LogP contribution in [-0.2, 0) is 9.59 Å². The number of amides is 1. The van der Waals surface area contributed by atoms with Gasteiger partial charge in [-0.2, -0.15) is 18.3 Å². The molecule has 0 saturated carbocycles. The molecule has 2 aromatic carbocycles. The second kappa shape index (κ2) is 8.85. The van der Waals surface area contributed by atoms with Crippen molar-refractivity contribution in [3.63, 3.8) is 0 Å². The van der Waals surface area contributed by atoms with Gasteiger partial charge in [-0.05, 0) is 35.9 Å². The van der Waals surface area contributed by atoms with Crippen molar-refractivity contribution >= 4 is 44.4 Å². The third-order valence-corrected chi connectivity index (χ3v) is 3.91. The highest BCUT2D eigenvalue weighted by molar-refractivity contribution is 9.10. The van der Waals surface area contributed by atoms with Crippen LogP contribution >= 0.6 is 15.9 Å². The molecule has 7 nitrogen and oxygen atoms in total. The van der Waals surface area contributed by atoms with Crippen LogP contribution in [0, 0.1) is 0 Å². The summed E-state index contributed by atoms with van der Waals surface area (Å²) in [5.74, 6) is -3.23. The summed E-state index contributed by atoms with van der Waals surface area (Å²) >= 11 is 3.31. The number of anilines is 1. The number of aromatic amines is 1. The van der Waals surface area contributed by atoms with Gasteiger partial charge < -0.3 is 15.5 Å². The number of halogens is 4. The van der Waals surface area contributed by atoms with Crippen LogP contribution in [0.4, 0.5) is 18.9 Å². The molecule has 0 fully saturated rings. The Hall–Kier alpha value is -2.92.